The van der Waals surface area contributed by atoms with Crippen LogP contribution in [0.4, 0.5) is 0 Å². The molecule has 0 spiro atoms. The van der Waals surface area contributed by atoms with Crippen molar-refractivity contribution in [3.05, 3.63) is 71.5 Å². The van der Waals surface area contributed by atoms with Gasteiger partial charge in [0.1, 0.15) is 5.76 Å². The first-order chi connectivity index (χ1) is 13.5. The predicted octanol–water partition coefficient (Wildman–Crippen LogP) is 2.82. The largest absolute Gasteiger partial charge is 0.507 e. The summed E-state index contributed by atoms with van der Waals surface area (Å²) < 4.78 is 4.99. The lowest BCUT2D eigenvalue weighted by molar-refractivity contribution is -0.147. The Morgan fingerprint density at radius 3 is 2.29 bits per heavy atom. The first-order valence-corrected chi connectivity index (χ1v) is 8.70. The molecule has 142 valence electrons. The highest BCUT2D eigenvalue weighted by atomic mass is 16.5. The Labute approximate surface area is 161 Å². The number of para-hydroxylation sites is 2. The third-order valence-electron chi connectivity index (χ3n) is 4.05. The van der Waals surface area contributed by atoms with E-state index >= 15 is 0 Å². The first kappa shape index (κ1) is 19.0. The summed E-state index contributed by atoms with van der Waals surface area (Å²) in [6, 6.07) is 15.8. The second-order valence-corrected chi connectivity index (χ2v) is 5.97. The van der Waals surface area contributed by atoms with Gasteiger partial charge in [-0.3, -0.25) is 9.59 Å². The molecule has 0 saturated heterocycles. The van der Waals surface area contributed by atoms with Gasteiger partial charge >= 0.3 is 5.97 Å². The SMILES string of the molecule is CCOC(=O)C(C(N)=O)c1nc2ccccc2nc1/C=C(\O)c1ccccc1. The van der Waals surface area contributed by atoms with Crippen LogP contribution in [-0.2, 0) is 14.3 Å². The molecule has 0 aliphatic heterocycles. The molecule has 1 aromatic heterocycles. The average Bonchev–Trinajstić information content (AvgIpc) is 2.69. The molecule has 3 aromatic rings. The monoisotopic (exact) mass is 377 g/mol. The van der Waals surface area contributed by atoms with Crippen molar-refractivity contribution in [1.29, 1.82) is 0 Å². The summed E-state index contributed by atoms with van der Waals surface area (Å²) in [5.74, 6) is -3.24. The maximum atomic E-state index is 12.4. The molecule has 0 bridgehead atoms. The molecular weight excluding hydrogens is 358 g/mol. The summed E-state index contributed by atoms with van der Waals surface area (Å²) in [5, 5.41) is 10.5. The second-order valence-electron chi connectivity index (χ2n) is 5.97. The lowest BCUT2D eigenvalue weighted by Crippen LogP contribution is -2.31. The fourth-order valence-electron chi connectivity index (χ4n) is 2.76. The van der Waals surface area contributed by atoms with E-state index in [0.29, 0.717) is 16.6 Å². The van der Waals surface area contributed by atoms with E-state index in [4.69, 9.17) is 10.5 Å². The van der Waals surface area contributed by atoms with Gasteiger partial charge in [0.05, 0.1) is 29.0 Å². The van der Waals surface area contributed by atoms with E-state index in [0.717, 1.165) is 0 Å². The first-order valence-electron chi connectivity index (χ1n) is 8.70. The van der Waals surface area contributed by atoms with E-state index in [1.165, 1.54) is 6.08 Å². The van der Waals surface area contributed by atoms with Gasteiger partial charge in [-0.2, -0.15) is 0 Å². The van der Waals surface area contributed by atoms with Gasteiger partial charge in [0, 0.05) is 11.6 Å². The van der Waals surface area contributed by atoms with E-state index in [1.807, 2.05) is 6.07 Å². The number of aliphatic hydroxyl groups excluding tert-OH is 1. The van der Waals surface area contributed by atoms with Gasteiger partial charge in [-0.15, -0.1) is 0 Å². The molecule has 2 aromatic carbocycles. The summed E-state index contributed by atoms with van der Waals surface area (Å²) in [4.78, 5) is 33.3. The number of carbonyl (C=O) groups excluding carboxylic acids is 2. The molecule has 1 heterocycles. The molecule has 0 aliphatic carbocycles. The number of fused-ring (bicyclic) bond motifs is 1. The fourth-order valence-corrected chi connectivity index (χ4v) is 2.76. The Morgan fingerprint density at radius 1 is 1.07 bits per heavy atom. The number of hydrogen-bond acceptors (Lipinski definition) is 6. The number of nitrogens with zero attached hydrogens (tertiary/aromatic N) is 2. The van der Waals surface area contributed by atoms with Crippen molar-refractivity contribution in [2.75, 3.05) is 6.61 Å². The molecule has 3 N–H and O–H groups in total. The van der Waals surface area contributed by atoms with Crippen LogP contribution in [0.5, 0.6) is 0 Å². The Hall–Kier alpha value is -3.74. The van der Waals surface area contributed by atoms with Gasteiger partial charge in [0.25, 0.3) is 0 Å². The number of primary amides is 1. The lowest BCUT2D eigenvalue weighted by atomic mass is 10.0. The van der Waals surface area contributed by atoms with Crippen molar-refractivity contribution in [3.63, 3.8) is 0 Å². The van der Waals surface area contributed by atoms with Crippen LogP contribution in [0.3, 0.4) is 0 Å². The minimum Gasteiger partial charge on any atom is -0.507 e. The Kier molecular flexibility index (Phi) is 5.64. The van der Waals surface area contributed by atoms with Crippen molar-refractivity contribution < 1.29 is 19.4 Å². The zero-order valence-corrected chi connectivity index (χ0v) is 15.2. The minimum absolute atomic E-state index is 0.0344. The molecule has 0 aliphatic rings. The van der Waals surface area contributed by atoms with Crippen molar-refractivity contribution in [2.45, 2.75) is 12.8 Å². The number of esters is 1. The third-order valence-corrected chi connectivity index (χ3v) is 4.05. The predicted molar refractivity (Wildman–Crippen MR) is 105 cm³/mol. The van der Waals surface area contributed by atoms with Gasteiger partial charge < -0.3 is 15.6 Å². The summed E-state index contributed by atoms with van der Waals surface area (Å²) in [5.41, 5.74) is 7.25. The van der Waals surface area contributed by atoms with Crippen LogP contribution in [0.2, 0.25) is 0 Å². The van der Waals surface area contributed by atoms with Crippen LogP contribution in [0, 0.1) is 0 Å². The van der Waals surface area contributed by atoms with Crippen LogP contribution < -0.4 is 5.73 Å². The number of ether oxygens (including phenoxy) is 1. The Balaban J connectivity index is 2.21. The molecule has 3 rings (SSSR count). The number of nitrogens with two attached hydrogens (primary N) is 1. The van der Waals surface area contributed by atoms with E-state index < -0.39 is 17.8 Å². The number of hydrogen-bond donors (Lipinski definition) is 2. The summed E-state index contributed by atoms with van der Waals surface area (Å²) in [6.45, 7) is 1.72. The second kappa shape index (κ2) is 8.30. The molecule has 7 nitrogen and oxygen atoms in total. The van der Waals surface area contributed by atoms with Crippen molar-refractivity contribution in [3.8, 4) is 0 Å². The summed E-state index contributed by atoms with van der Waals surface area (Å²) >= 11 is 0. The van der Waals surface area contributed by atoms with Gasteiger partial charge in [-0.05, 0) is 19.1 Å². The van der Waals surface area contributed by atoms with Crippen molar-refractivity contribution in [2.24, 2.45) is 5.73 Å². The maximum absolute atomic E-state index is 12.4. The highest BCUT2D eigenvalue weighted by Gasteiger charge is 2.32. The standard InChI is InChI=1S/C21H19N3O4/c1-2-28-21(27)18(20(22)26)19-16(12-17(25)13-8-4-3-5-9-13)23-14-10-6-7-11-15(14)24-19/h3-12,18,25H,2H2,1H3,(H2,22,26)/b17-12-. The quantitative estimate of drug-likeness (QED) is 0.388. The van der Waals surface area contributed by atoms with Crippen LogP contribution >= 0.6 is 0 Å². The topological polar surface area (TPSA) is 115 Å². The fraction of sp³-hybridized carbons (Fsp3) is 0.143. The molecule has 0 radical (unpaired) electrons. The van der Waals surface area contributed by atoms with E-state index in [2.05, 4.69) is 9.97 Å². The molecule has 28 heavy (non-hydrogen) atoms. The van der Waals surface area contributed by atoms with E-state index in [-0.39, 0.29) is 23.8 Å². The van der Waals surface area contributed by atoms with Gasteiger partial charge in [0.2, 0.25) is 5.91 Å². The molecule has 1 amide bonds. The van der Waals surface area contributed by atoms with Crippen LogP contribution in [0.25, 0.3) is 22.9 Å². The summed E-state index contributed by atoms with van der Waals surface area (Å²) in [7, 11) is 0. The van der Waals surface area contributed by atoms with Crippen LogP contribution in [-0.4, -0.2) is 33.6 Å². The number of carbonyl (C=O) groups is 2. The Bertz CT molecular complexity index is 1050. The van der Waals surface area contributed by atoms with Gasteiger partial charge in [0.15, 0.2) is 5.92 Å². The van der Waals surface area contributed by atoms with Crippen molar-refractivity contribution in [1.82, 2.24) is 9.97 Å². The van der Waals surface area contributed by atoms with Gasteiger partial charge in [-0.25, -0.2) is 9.97 Å². The number of amides is 1. The van der Waals surface area contributed by atoms with E-state index in [9.17, 15) is 14.7 Å². The number of rotatable bonds is 6. The number of aliphatic hydroxyl groups is 1. The minimum atomic E-state index is -1.44. The van der Waals surface area contributed by atoms with E-state index in [1.54, 1.807) is 55.5 Å². The zero-order valence-electron chi connectivity index (χ0n) is 15.2. The smallest absolute Gasteiger partial charge is 0.324 e. The molecule has 1 atom stereocenters. The number of benzene rings is 2. The molecule has 0 saturated carbocycles. The van der Waals surface area contributed by atoms with Crippen LogP contribution in [0.15, 0.2) is 54.6 Å². The molecular formula is C21H19N3O4. The van der Waals surface area contributed by atoms with Gasteiger partial charge in [-0.1, -0.05) is 42.5 Å². The highest BCUT2D eigenvalue weighted by molar-refractivity contribution is 6.03. The molecule has 7 heteroatoms. The van der Waals surface area contributed by atoms with Crippen LogP contribution in [0.1, 0.15) is 29.8 Å². The maximum Gasteiger partial charge on any atom is 0.324 e. The highest BCUT2D eigenvalue weighted by Crippen LogP contribution is 2.25. The summed E-state index contributed by atoms with van der Waals surface area (Å²) in [6.07, 6.45) is 1.36. The average molecular weight is 377 g/mol. The normalized spacial score (nSPS) is 12.5. The number of aromatic nitrogens is 2. The lowest BCUT2D eigenvalue weighted by Gasteiger charge is -2.15. The molecule has 0 fully saturated rings. The molecule has 1 unspecified atom stereocenters. The zero-order chi connectivity index (χ0) is 20.1. The third kappa shape index (κ3) is 3.98. The van der Waals surface area contributed by atoms with Crippen molar-refractivity contribution >= 4 is 34.7 Å². The Morgan fingerprint density at radius 2 is 1.68 bits per heavy atom.